The second kappa shape index (κ2) is 9.40. The summed E-state index contributed by atoms with van der Waals surface area (Å²) in [4.78, 5) is 13.1. The Morgan fingerprint density at radius 1 is 1.16 bits per heavy atom. The zero-order valence-corrected chi connectivity index (χ0v) is 18.4. The van der Waals surface area contributed by atoms with E-state index in [1.165, 1.54) is 17.4 Å². The Kier molecular flexibility index (Phi) is 6.43. The molecule has 2 aromatic carbocycles. The van der Waals surface area contributed by atoms with Gasteiger partial charge >= 0.3 is 0 Å². The third kappa shape index (κ3) is 5.56. The van der Waals surface area contributed by atoms with Crippen molar-refractivity contribution in [1.29, 1.82) is 0 Å². The van der Waals surface area contributed by atoms with Gasteiger partial charge in [0.15, 0.2) is 11.6 Å². The van der Waals surface area contributed by atoms with Gasteiger partial charge in [-0.25, -0.2) is 8.78 Å². The summed E-state index contributed by atoms with van der Waals surface area (Å²) < 4.78 is 34.7. The van der Waals surface area contributed by atoms with Gasteiger partial charge in [0, 0.05) is 23.5 Å². The van der Waals surface area contributed by atoms with Crippen molar-refractivity contribution in [3.8, 4) is 5.75 Å². The summed E-state index contributed by atoms with van der Waals surface area (Å²) in [7, 11) is 0. The van der Waals surface area contributed by atoms with Gasteiger partial charge < -0.3 is 10.1 Å². The lowest BCUT2D eigenvalue weighted by molar-refractivity contribution is 0.103. The van der Waals surface area contributed by atoms with Gasteiger partial charge in [-0.3, -0.25) is 9.48 Å². The number of carbonyl (C=O) groups excluding carboxylic acids is 1. The molecule has 2 aromatic heterocycles. The maximum Gasteiger partial charge on any atom is 0.265 e. The Hall–Kier alpha value is -3.04. The highest BCUT2D eigenvalue weighted by molar-refractivity contribution is 9.10. The van der Waals surface area contributed by atoms with E-state index in [4.69, 9.17) is 4.74 Å². The Bertz CT molecular complexity index is 1220. The lowest BCUT2D eigenvalue weighted by Crippen LogP contribution is -2.10. The Balaban J connectivity index is 1.37. The van der Waals surface area contributed by atoms with Crippen LogP contribution in [0.1, 0.15) is 20.8 Å². The first kappa shape index (κ1) is 21.2. The molecule has 5 nitrogen and oxygen atoms in total. The molecule has 0 aliphatic rings. The molecule has 158 valence electrons. The van der Waals surface area contributed by atoms with Crippen LogP contribution in [0.5, 0.6) is 5.75 Å². The van der Waals surface area contributed by atoms with Crippen molar-refractivity contribution >= 4 is 38.9 Å². The van der Waals surface area contributed by atoms with Gasteiger partial charge in [0.2, 0.25) is 0 Å². The fourth-order valence-corrected chi connectivity index (χ4v) is 4.00. The van der Waals surface area contributed by atoms with Crippen LogP contribution in [0.4, 0.5) is 14.5 Å². The smallest absolute Gasteiger partial charge is 0.265 e. The average molecular weight is 504 g/mol. The van der Waals surface area contributed by atoms with Crippen LogP contribution in [-0.2, 0) is 13.2 Å². The number of ether oxygens (including phenoxy) is 1. The Morgan fingerprint density at radius 3 is 2.81 bits per heavy atom. The Labute approximate surface area is 189 Å². The molecule has 4 aromatic rings. The summed E-state index contributed by atoms with van der Waals surface area (Å²) in [5.41, 5.74) is 2.39. The van der Waals surface area contributed by atoms with Gasteiger partial charge in [0.25, 0.3) is 5.91 Å². The minimum atomic E-state index is -0.768. The van der Waals surface area contributed by atoms with Crippen molar-refractivity contribution < 1.29 is 18.3 Å². The number of thiophene rings is 1. The third-order valence-electron chi connectivity index (χ3n) is 4.30. The molecule has 0 saturated heterocycles. The molecule has 1 amide bonds. The van der Waals surface area contributed by atoms with Crippen LogP contribution < -0.4 is 10.1 Å². The van der Waals surface area contributed by atoms with Crippen molar-refractivity contribution in [2.24, 2.45) is 0 Å². The molecule has 0 atom stereocenters. The van der Waals surface area contributed by atoms with E-state index >= 15 is 0 Å². The first-order valence-corrected chi connectivity index (χ1v) is 10.9. The van der Waals surface area contributed by atoms with Gasteiger partial charge in [-0.15, -0.1) is 11.3 Å². The van der Waals surface area contributed by atoms with Gasteiger partial charge in [0.05, 0.1) is 22.1 Å². The monoisotopic (exact) mass is 503 g/mol. The summed E-state index contributed by atoms with van der Waals surface area (Å²) in [5.74, 6) is -1.72. The summed E-state index contributed by atoms with van der Waals surface area (Å²) >= 11 is 4.63. The summed E-state index contributed by atoms with van der Waals surface area (Å²) in [5, 5.41) is 8.88. The lowest BCUT2D eigenvalue weighted by atomic mass is 10.2. The maximum absolute atomic E-state index is 13.7. The summed E-state index contributed by atoms with van der Waals surface area (Å²) in [6.07, 6.45) is 3.59. The molecule has 0 aliphatic heterocycles. The normalized spacial score (nSPS) is 10.8. The van der Waals surface area contributed by atoms with E-state index < -0.39 is 11.6 Å². The molecule has 31 heavy (non-hydrogen) atoms. The molecule has 0 unspecified atom stereocenters. The maximum atomic E-state index is 13.7. The fraction of sp³-hybridized carbons (Fsp3) is 0.0909. The summed E-state index contributed by atoms with van der Waals surface area (Å²) in [6.45, 7) is 0.650. The highest BCUT2D eigenvalue weighted by Gasteiger charge is 2.12. The molecule has 0 spiro atoms. The molecular weight excluding hydrogens is 488 g/mol. The van der Waals surface area contributed by atoms with Gasteiger partial charge in [0.1, 0.15) is 12.4 Å². The van der Waals surface area contributed by atoms with E-state index in [2.05, 4.69) is 26.3 Å². The first-order chi connectivity index (χ1) is 15.0. The van der Waals surface area contributed by atoms with E-state index in [9.17, 15) is 13.6 Å². The number of hydrogen-bond donors (Lipinski definition) is 1. The number of benzene rings is 2. The van der Waals surface area contributed by atoms with Crippen molar-refractivity contribution in [1.82, 2.24) is 9.78 Å². The molecule has 2 heterocycles. The van der Waals surface area contributed by atoms with Crippen molar-refractivity contribution in [2.75, 3.05) is 5.32 Å². The van der Waals surface area contributed by atoms with Crippen LogP contribution >= 0.6 is 27.3 Å². The van der Waals surface area contributed by atoms with E-state index in [1.54, 1.807) is 22.3 Å². The largest absolute Gasteiger partial charge is 0.486 e. The number of rotatable bonds is 7. The molecule has 4 rings (SSSR count). The molecule has 0 radical (unpaired) electrons. The molecule has 0 bridgehead atoms. The van der Waals surface area contributed by atoms with Crippen molar-refractivity contribution in [3.63, 3.8) is 0 Å². The standard InChI is InChI=1S/C22H16BrF2N3O2S/c23-16-9-26-28(11-16)10-14-2-1-3-18(6-14)27-22(29)21-7-15(13-31-21)12-30-20-5-4-17(24)8-19(20)25/h1-9,11,13H,10,12H2,(H,27,29). The molecule has 0 saturated carbocycles. The minimum Gasteiger partial charge on any atom is -0.486 e. The van der Waals surface area contributed by atoms with Crippen molar-refractivity contribution in [3.05, 3.63) is 98.4 Å². The fourth-order valence-electron chi connectivity index (χ4n) is 2.88. The number of amides is 1. The molecule has 1 N–H and O–H groups in total. The molecule has 9 heteroatoms. The minimum absolute atomic E-state index is 0.0420. The van der Waals surface area contributed by atoms with E-state index in [-0.39, 0.29) is 18.3 Å². The zero-order chi connectivity index (χ0) is 21.8. The van der Waals surface area contributed by atoms with Crippen LogP contribution in [0, 0.1) is 11.6 Å². The third-order valence-corrected chi connectivity index (χ3v) is 5.68. The zero-order valence-electron chi connectivity index (χ0n) is 16.0. The van der Waals surface area contributed by atoms with E-state index in [1.807, 2.05) is 30.5 Å². The highest BCUT2D eigenvalue weighted by atomic mass is 79.9. The SMILES string of the molecule is O=C(Nc1cccc(Cn2cc(Br)cn2)c1)c1cc(COc2ccc(F)cc2F)cs1. The predicted molar refractivity (Wildman–Crippen MR) is 118 cm³/mol. The average Bonchev–Trinajstić information content (AvgIpc) is 3.37. The van der Waals surface area contributed by atoms with Gasteiger partial charge in [-0.2, -0.15) is 5.10 Å². The number of hydrogen-bond acceptors (Lipinski definition) is 4. The second-order valence-electron chi connectivity index (χ2n) is 6.69. The quantitative estimate of drug-likeness (QED) is 0.343. The topological polar surface area (TPSA) is 56.2 Å². The lowest BCUT2D eigenvalue weighted by Gasteiger charge is -2.07. The van der Waals surface area contributed by atoms with E-state index in [0.29, 0.717) is 17.1 Å². The number of halogens is 3. The molecule has 0 fully saturated rings. The number of nitrogens with zero attached hydrogens (tertiary/aromatic N) is 2. The van der Waals surface area contributed by atoms with E-state index in [0.717, 1.165) is 27.7 Å². The predicted octanol–water partition coefficient (Wildman–Crippen LogP) is 5.86. The van der Waals surface area contributed by atoms with Crippen LogP contribution in [-0.4, -0.2) is 15.7 Å². The van der Waals surface area contributed by atoms with Crippen molar-refractivity contribution in [2.45, 2.75) is 13.2 Å². The van der Waals surface area contributed by atoms with Gasteiger partial charge in [-0.1, -0.05) is 12.1 Å². The first-order valence-electron chi connectivity index (χ1n) is 9.20. The van der Waals surface area contributed by atoms with Crippen LogP contribution in [0.25, 0.3) is 0 Å². The summed E-state index contributed by atoms with van der Waals surface area (Å²) in [6, 6.07) is 12.4. The van der Waals surface area contributed by atoms with Crippen LogP contribution in [0.15, 0.2) is 70.8 Å². The number of carbonyl (C=O) groups is 1. The van der Waals surface area contributed by atoms with Crippen LogP contribution in [0.3, 0.4) is 0 Å². The number of anilines is 1. The highest BCUT2D eigenvalue weighted by Crippen LogP contribution is 2.22. The Morgan fingerprint density at radius 2 is 2.03 bits per heavy atom. The molecule has 0 aliphatic carbocycles. The second-order valence-corrected chi connectivity index (χ2v) is 8.52. The van der Waals surface area contributed by atoms with Crippen LogP contribution in [0.2, 0.25) is 0 Å². The number of nitrogens with one attached hydrogen (secondary N) is 1. The molecular formula is C22H16BrF2N3O2S. The number of aromatic nitrogens is 2. The van der Waals surface area contributed by atoms with Gasteiger partial charge in [-0.05, 0) is 57.2 Å².